The van der Waals surface area contributed by atoms with Gasteiger partial charge in [-0.1, -0.05) is 0 Å². The molecular formula is C8H6F6N2O5. The van der Waals surface area contributed by atoms with Crippen molar-refractivity contribution in [2.24, 2.45) is 0 Å². The van der Waals surface area contributed by atoms with Crippen LogP contribution in [0.4, 0.5) is 26.3 Å². The lowest BCUT2D eigenvalue weighted by molar-refractivity contribution is -0.245. The molecule has 1 N–H and O–H groups in total. The fourth-order valence-corrected chi connectivity index (χ4v) is 1.13. The van der Waals surface area contributed by atoms with Gasteiger partial charge in [-0.2, -0.15) is 31.4 Å². The van der Waals surface area contributed by atoms with Crippen LogP contribution in [0, 0.1) is 0 Å². The summed E-state index contributed by atoms with van der Waals surface area (Å²) in [5.74, 6) is -7.05. The number of carbonyl (C=O) groups is 3. The summed E-state index contributed by atoms with van der Waals surface area (Å²) in [6, 6.07) is 0. The van der Waals surface area contributed by atoms with Crippen molar-refractivity contribution in [2.75, 3.05) is 13.1 Å². The first-order valence-corrected chi connectivity index (χ1v) is 5.04. The Morgan fingerprint density at radius 1 is 1.10 bits per heavy atom. The predicted molar refractivity (Wildman–Crippen MR) is 47.8 cm³/mol. The van der Waals surface area contributed by atoms with Crippen molar-refractivity contribution in [3.63, 3.8) is 0 Å². The second-order valence-electron chi connectivity index (χ2n) is 3.55. The number of piperazine rings is 1. The summed E-state index contributed by atoms with van der Waals surface area (Å²) in [5, 5.41) is 1.87. The summed E-state index contributed by atoms with van der Waals surface area (Å²) in [7, 11) is 0. The van der Waals surface area contributed by atoms with Crippen LogP contribution in [0.1, 0.15) is 0 Å². The molecule has 1 amide bonds. The van der Waals surface area contributed by atoms with Gasteiger partial charge in [0.05, 0.1) is 6.54 Å². The van der Waals surface area contributed by atoms with E-state index in [0.717, 1.165) is 0 Å². The van der Waals surface area contributed by atoms with Crippen LogP contribution >= 0.6 is 0 Å². The van der Waals surface area contributed by atoms with Crippen LogP contribution in [-0.2, 0) is 24.0 Å². The van der Waals surface area contributed by atoms with Crippen molar-refractivity contribution < 1.29 is 50.3 Å². The Hall–Kier alpha value is -2.05. The number of halogens is 6. The van der Waals surface area contributed by atoms with Gasteiger partial charge in [-0.05, 0) is 0 Å². The first-order valence-electron chi connectivity index (χ1n) is 5.04. The highest BCUT2D eigenvalue weighted by molar-refractivity contribution is 5.86. The second kappa shape index (κ2) is 5.75. The van der Waals surface area contributed by atoms with Gasteiger partial charge in [0.15, 0.2) is 0 Å². The number of hydrogen-bond acceptors (Lipinski definition) is 6. The number of esters is 1. The van der Waals surface area contributed by atoms with Gasteiger partial charge in [0.2, 0.25) is 6.23 Å². The zero-order valence-corrected chi connectivity index (χ0v) is 9.75. The number of rotatable bonds is 2. The number of nitrogens with zero attached hydrogens (tertiary/aromatic N) is 1. The van der Waals surface area contributed by atoms with Gasteiger partial charge < -0.3 is 9.57 Å². The molecule has 0 spiro atoms. The molecule has 21 heavy (non-hydrogen) atoms. The van der Waals surface area contributed by atoms with Gasteiger partial charge in [-0.15, -0.1) is 0 Å². The van der Waals surface area contributed by atoms with Crippen LogP contribution in [0.15, 0.2) is 0 Å². The Balaban J connectivity index is 2.69. The summed E-state index contributed by atoms with van der Waals surface area (Å²) in [6.45, 7) is -0.937. The number of carbonyl (C=O) groups excluding carboxylic acids is 3. The molecule has 0 aromatic heterocycles. The monoisotopic (exact) mass is 324 g/mol. The molecule has 1 unspecified atom stereocenters. The van der Waals surface area contributed by atoms with Crippen molar-refractivity contribution in [1.29, 1.82) is 0 Å². The Morgan fingerprint density at radius 3 is 2.10 bits per heavy atom. The van der Waals surface area contributed by atoms with E-state index >= 15 is 0 Å². The lowest BCUT2D eigenvalue weighted by Gasteiger charge is -2.30. The molecule has 1 aliphatic heterocycles. The maximum Gasteiger partial charge on any atom is 0.493 e. The zero-order chi connectivity index (χ0) is 16.4. The van der Waals surface area contributed by atoms with E-state index in [0.29, 0.717) is 0 Å². The third-order valence-corrected chi connectivity index (χ3v) is 2.00. The minimum Gasteiger partial charge on any atom is -0.430 e. The summed E-state index contributed by atoms with van der Waals surface area (Å²) < 4.78 is 75.3. The summed E-state index contributed by atoms with van der Waals surface area (Å²) in [5.41, 5.74) is 0. The molecule has 0 aliphatic carbocycles. The smallest absolute Gasteiger partial charge is 0.430 e. The van der Waals surface area contributed by atoms with Gasteiger partial charge in [0.1, 0.15) is 0 Å². The van der Waals surface area contributed by atoms with Gasteiger partial charge >= 0.3 is 30.2 Å². The molecular weight excluding hydrogens is 318 g/mol. The van der Waals surface area contributed by atoms with E-state index in [1.165, 1.54) is 0 Å². The fourth-order valence-electron chi connectivity index (χ4n) is 1.13. The molecule has 0 saturated carbocycles. The predicted octanol–water partition coefficient (Wildman–Crippen LogP) is -0.130. The van der Waals surface area contributed by atoms with Gasteiger partial charge in [-0.3, -0.25) is 10.1 Å². The largest absolute Gasteiger partial charge is 0.493 e. The molecule has 7 nitrogen and oxygen atoms in total. The summed E-state index contributed by atoms with van der Waals surface area (Å²) >= 11 is 0. The molecule has 0 aromatic rings. The fraction of sp³-hybridized carbons (Fsp3) is 0.625. The molecule has 0 radical (unpaired) electrons. The molecule has 1 aliphatic rings. The van der Waals surface area contributed by atoms with Crippen molar-refractivity contribution in [2.45, 2.75) is 18.6 Å². The standard InChI is InChI=1S/C8H6F6N2O5/c9-7(10,11)5(18)20-3-4(17)16(2-1-15-3)21-6(19)8(12,13)14/h3,15H,1-2H2. The van der Waals surface area contributed by atoms with Crippen molar-refractivity contribution >= 4 is 17.8 Å². The van der Waals surface area contributed by atoms with Crippen LogP contribution in [0.3, 0.4) is 0 Å². The van der Waals surface area contributed by atoms with Gasteiger partial charge in [0.25, 0.3) is 0 Å². The minimum atomic E-state index is -5.40. The van der Waals surface area contributed by atoms with Crippen LogP contribution in [0.2, 0.25) is 0 Å². The normalized spacial score (nSPS) is 20.2. The van der Waals surface area contributed by atoms with E-state index in [2.05, 4.69) is 9.57 Å². The molecule has 1 saturated heterocycles. The molecule has 1 atom stereocenters. The number of nitrogens with one attached hydrogen (secondary N) is 1. The molecule has 1 rings (SSSR count). The van der Waals surface area contributed by atoms with E-state index in [1.807, 2.05) is 5.32 Å². The van der Waals surface area contributed by atoms with Crippen LogP contribution in [-0.4, -0.2) is 54.6 Å². The molecule has 1 heterocycles. The number of hydrogen-bond donors (Lipinski definition) is 1. The second-order valence-corrected chi connectivity index (χ2v) is 3.55. The minimum absolute atomic E-state index is 0.138. The highest BCUT2D eigenvalue weighted by atomic mass is 19.4. The third kappa shape index (κ3) is 4.47. The highest BCUT2D eigenvalue weighted by Crippen LogP contribution is 2.20. The first-order chi connectivity index (χ1) is 9.43. The van der Waals surface area contributed by atoms with E-state index in [1.54, 1.807) is 0 Å². The lowest BCUT2D eigenvalue weighted by Crippen LogP contribution is -2.58. The molecule has 120 valence electrons. The van der Waals surface area contributed by atoms with Crippen molar-refractivity contribution in [3.05, 3.63) is 0 Å². The number of amides is 1. The Kier molecular flexibility index (Phi) is 4.65. The Bertz CT molecular complexity index is 409. The van der Waals surface area contributed by atoms with E-state index in [9.17, 15) is 40.7 Å². The summed E-state index contributed by atoms with van der Waals surface area (Å²) in [4.78, 5) is 36.1. The Labute approximate surface area is 111 Å². The van der Waals surface area contributed by atoms with E-state index < -0.39 is 43.0 Å². The number of ether oxygens (including phenoxy) is 1. The Morgan fingerprint density at radius 2 is 1.62 bits per heavy atom. The maximum atomic E-state index is 11.9. The van der Waals surface area contributed by atoms with E-state index in [-0.39, 0.29) is 11.6 Å². The van der Waals surface area contributed by atoms with Crippen LogP contribution < -0.4 is 5.32 Å². The molecule has 0 bridgehead atoms. The van der Waals surface area contributed by atoms with Crippen molar-refractivity contribution in [3.8, 4) is 0 Å². The number of hydroxylamine groups is 2. The quantitative estimate of drug-likeness (QED) is 0.563. The van der Waals surface area contributed by atoms with Gasteiger partial charge in [0, 0.05) is 6.54 Å². The maximum absolute atomic E-state index is 11.9. The average Bonchev–Trinajstić information content (AvgIpc) is 2.31. The molecule has 13 heteroatoms. The average molecular weight is 324 g/mol. The van der Waals surface area contributed by atoms with Crippen molar-refractivity contribution in [1.82, 2.24) is 10.4 Å². The molecule has 0 aromatic carbocycles. The van der Waals surface area contributed by atoms with Gasteiger partial charge in [-0.25, -0.2) is 9.59 Å². The first kappa shape index (κ1) is 17.0. The zero-order valence-electron chi connectivity index (χ0n) is 9.75. The van der Waals surface area contributed by atoms with Crippen LogP contribution in [0.25, 0.3) is 0 Å². The number of alkyl halides is 6. The highest BCUT2D eigenvalue weighted by Gasteiger charge is 2.47. The lowest BCUT2D eigenvalue weighted by atomic mass is 10.4. The van der Waals surface area contributed by atoms with Crippen LogP contribution in [0.5, 0.6) is 0 Å². The SMILES string of the molecule is O=C1C(OC(=O)C(F)(F)F)NCCN1OC(=O)C(F)(F)F. The topological polar surface area (TPSA) is 84.9 Å². The van der Waals surface area contributed by atoms with E-state index in [4.69, 9.17) is 0 Å². The molecule has 1 fully saturated rings. The third-order valence-electron chi connectivity index (χ3n) is 2.00. The summed E-state index contributed by atoms with van der Waals surface area (Å²) in [6.07, 6.45) is -13.0.